The number of rotatable bonds is 7. The van der Waals surface area contributed by atoms with Gasteiger partial charge in [-0.1, -0.05) is 18.2 Å². The molecule has 0 saturated heterocycles. The monoisotopic (exact) mass is 402 g/mol. The Morgan fingerprint density at radius 1 is 0.767 bits per heavy atom. The number of carbonyl (C=O) groups excluding carboxylic acids is 2. The van der Waals surface area contributed by atoms with Crippen LogP contribution in [0.2, 0.25) is 0 Å². The lowest BCUT2D eigenvalue weighted by molar-refractivity contribution is -0.111. The predicted octanol–water partition coefficient (Wildman–Crippen LogP) is 4.61. The lowest BCUT2D eigenvalue weighted by Gasteiger charge is -2.08. The second-order valence-electron chi connectivity index (χ2n) is 6.32. The van der Waals surface area contributed by atoms with E-state index in [1.165, 1.54) is 6.08 Å². The van der Waals surface area contributed by atoms with Gasteiger partial charge in [-0.15, -0.1) is 0 Å². The lowest BCUT2D eigenvalue weighted by Crippen LogP contribution is -2.12. The fraction of sp³-hybridized carbons (Fsp3) is 0.0833. The minimum absolute atomic E-state index is 0.242. The molecule has 0 unspecified atom stereocenters. The first-order chi connectivity index (χ1) is 14.6. The summed E-state index contributed by atoms with van der Waals surface area (Å²) in [4.78, 5) is 24.5. The van der Waals surface area contributed by atoms with Gasteiger partial charge >= 0.3 is 0 Å². The van der Waals surface area contributed by atoms with Crippen molar-refractivity contribution >= 4 is 29.3 Å². The van der Waals surface area contributed by atoms with E-state index in [0.29, 0.717) is 28.4 Å². The molecule has 0 bridgehead atoms. The topological polar surface area (TPSA) is 76.7 Å². The molecule has 0 aliphatic heterocycles. The second kappa shape index (κ2) is 9.93. The maximum absolute atomic E-state index is 12.4. The summed E-state index contributed by atoms with van der Waals surface area (Å²) in [7, 11) is 3.17. The van der Waals surface area contributed by atoms with Gasteiger partial charge in [0.1, 0.15) is 11.5 Å². The van der Waals surface area contributed by atoms with Gasteiger partial charge in [0, 0.05) is 28.6 Å². The third-order valence-electron chi connectivity index (χ3n) is 4.32. The van der Waals surface area contributed by atoms with Gasteiger partial charge in [-0.05, 0) is 60.7 Å². The molecule has 0 heterocycles. The molecule has 2 N–H and O–H groups in total. The van der Waals surface area contributed by atoms with Crippen molar-refractivity contribution in [3.63, 3.8) is 0 Å². The van der Waals surface area contributed by atoms with Gasteiger partial charge in [-0.2, -0.15) is 0 Å². The van der Waals surface area contributed by atoms with Gasteiger partial charge in [0.2, 0.25) is 5.91 Å². The zero-order chi connectivity index (χ0) is 21.3. The van der Waals surface area contributed by atoms with Gasteiger partial charge in [0.15, 0.2) is 0 Å². The zero-order valence-corrected chi connectivity index (χ0v) is 16.7. The minimum Gasteiger partial charge on any atom is -0.497 e. The van der Waals surface area contributed by atoms with Gasteiger partial charge < -0.3 is 20.1 Å². The summed E-state index contributed by atoms with van der Waals surface area (Å²) in [6, 6.07) is 21.1. The molecule has 0 spiro atoms. The quantitative estimate of drug-likeness (QED) is 0.566. The van der Waals surface area contributed by atoms with Crippen LogP contribution >= 0.6 is 0 Å². The molecule has 0 aliphatic carbocycles. The first-order valence-corrected chi connectivity index (χ1v) is 9.26. The van der Waals surface area contributed by atoms with Crippen LogP contribution in [-0.4, -0.2) is 26.0 Å². The van der Waals surface area contributed by atoms with Crippen LogP contribution in [0.3, 0.4) is 0 Å². The van der Waals surface area contributed by atoms with Crippen LogP contribution in [0.25, 0.3) is 6.08 Å². The van der Waals surface area contributed by atoms with Crippen LogP contribution in [0.4, 0.5) is 11.4 Å². The molecule has 3 aromatic carbocycles. The molecule has 0 atom stereocenters. The largest absolute Gasteiger partial charge is 0.497 e. The van der Waals surface area contributed by atoms with Crippen molar-refractivity contribution in [3.8, 4) is 11.5 Å². The molecule has 30 heavy (non-hydrogen) atoms. The molecular weight excluding hydrogens is 380 g/mol. The SMILES string of the molecule is COc1ccc(NC(=O)c2ccc(NC(=O)/C=C/c3ccccc3OC)cc2)cc1. The number of anilines is 2. The van der Waals surface area contributed by atoms with Crippen LogP contribution in [0.15, 0.2) is 78.9 Å². The number of amides is 2. The number of benzene rings is 3. The van der Waals surface area contributed by atoms with E-state index in [1.54, 1.807) is 68.8 Å². The van der Waals surface area contributed by atoms with Crippen LogP contribution in [0.1, 0.15) is 15.9 Å². The third-order valence-corrected chi connectivity index (χ3v) is 4.32. The maximum atomic E-state index is 12.4. The van der Waals surface area contributed by atoms with Crippen LogP contribution in [0.5, 0.6) is 11.5 Å². The molecule has 3 rings (SSSR count). The summed E-state index contributed by atoms with van der Waals surface area (Å²) in [5.74, 6) is 0.882. The van der Waals surface area contributed by atoms with Crippen molar-refractivity contribution in [2.75, 3.05) is 24.9 Å². The van der Waals surface area contributed by atoms with Crippen LogP contribution in [-0.2, 0) is 4.79 Å². The average Bonchev–Trinajstić information content (AvgIpc) is 2.79. The smallest absolute Gasteiger partial charge is 0.255 e. The normalized spacial score (nSPS) is 10.5. The van der Waals surface area contributed by atoms with E-state index < -0.39 is 0 Å². The van der Waals surface area contributed by atoms with E-state index >= 15 is 0 Å². The van der Waals surface area contributed by atoms with Crippen molar-refractivity contribution in [2.45, 2.75) is 0 Å². The molecule has 0 saturated carbocycles. The van der Waals surface area contributed by atoms with Gasteiger partial charge in [-0.3, -0.25) is 9.59 Å². The van der Waals surface area contributed by atoms with Gasteiger partial charge in [-0.25, -0.2) is 0 Å². The number of methoxy groups -OCH3 is 2. The summed E-state index contributed by atoms with van der Waals surface area (Å²) < 4.78 is 10.4. The van der Waals surface area contributed by atoms with Crippen molar-refractivity contribution < 1.29 is 19.1 Å². The van der Waals surface area contributed by atoms with E-state index in [2.05, 4.69) is 10.6 Å². The Balaban J connectivity index is 1.58. The molecule has 0 aliphatic rings. The Bertz CT molecular complexity index is 1040. The standard InChI is InChI=1S/C24H22N2O4/c1-29-21-14-12-20(13-15-21)26-24(28)18-7-10-19(11-8-18)25-23(27)16-9-17-5-3-4-6-22(17)30-2/h3-16H,1-2H3,(H,25,27)(H,26,28)/b16-9+. The molecule has 0 radical (unpaired) electrons. The molecular formula is C24H22N2O4. The molecule has 3 aromatic rings. The summed E-state index contributed by atoms with van der Waals surface area (Å²) in [5, 5.41) is 5.58. The second-order valence-corrected chi connectivity index (χ2v) is 6.32. The molecule has 6 heteroatoms. The molecule has 2 amide bonds. The third kappa shape index (κ3) is 5.48. The van der Waals surface area contributed by atoms with E-state index in [1.807, 2.05) is 24.3 Å². The van der Waals surface area contributed by atoms with Gasteiger partial charge in [0.25, 0.3) is 5.91 Å². The first kappa shape index (κ1) is 20.7. The highest BCUT2D eigenvalue weighted by Gasteiger charge is 2.07. The number of ether oxygens (including phenoxy) is 2. The highest BCUT2D eigenvalue weighted by molar-refractivity contribution is 6.05. The fourth-order valence-electron chi connectivity index (χ4n) is 2.74. The number of carbonyl (C=O) groups is 2. The Labute approximate surface area is 175 Å². The zero-order valence-electron chi connectivity index (χ0n) is 16.7. The van der Waals surface area contributed by atoms with E-state index in [-0.39, 0.29) is 11.8 Å². The van der Waals surface area contributed by atoms with E-state index in [0.717, 1.165) is 5.56 Å². The van der Waals surface area contributed by atoms with Gasteiger partial charge in [0.05, 0.1) is 14.2 Å². The summed E-state index contributed by atoms with van der Waals surface area (Å²) in [5.41, 5.74) is 2.54. The fourth-order valence-corrected chi connectivity index (χ4v) is 2.74. The highest BCUT2D eigenvalue weighted by atomic mass is 16.5. The van der Waals surface area contributed by atoms with Crippen molar-refractivity contribution in [2.24, 2.45) is 0 Å². The molecule has 152 valence electrons. The van der Waals surface area contributed by atoms with Crippen molar-refractivity contribution in [1.82, 2.24) is 0 Å². The van der Waals surface area contributed by atoms with Crippen LogP contribution in [0, 0.1) is 0 Å². The summed E-state index contributed by atoms with van der Waals surface area (Å²) in [6.45, 7) is 0. The first-order valence-electron chi connectivity index (χ1n) is 9.26. The maximum Gasteiger partial charge on any atom is 0.255 e. The highest BCUT2D eigenvalue weighted by Crippen LogP contribution is 2.19. The number of hydrogen-bond acceptors (Lipinski definition) is 4. The summed E-state index contributed by atoms with van der Waals surface area (Å²) >= 11 is 0. The van der Waals surface area contributed by atoms with Crippen molar-refractivity contribution in [1.29, 1.82) is 0 Å². The Hall–Kier alpha value is -4.06. The summed E-state index contributed by atoms with van der Waals surface area (Å²) in [6.07, 6.45) is 3.12. The van der Waals surface area contributed by atoms with Crippen molar-refractivity contribution in [3.05, 3.63) is 90.0 Å². The van der Waals surface area contributed by atoms with E-state index in [4.69, 9.17) is 9.47 Å². The van der Waals surface area contributed by atoms with E-state index in [9.17, 15) is 9.59 Å². The molecule has 0 aromatic heterocycles. The Morgan fingerprint density at radius 2 is 1.40 bits per heavy atom. The number of hydrogen-bond donors (Lipinski definition) is 2. The lowest BCUT2D eigenvalue weighted by atomic mass is 10.1. The molecule has 0 fully saturated rings. The predicted molar refractivity (Wildman–Crippen MR) is 118 cm³/mol. The number of nitrogens with one attached hydrogen (secondary N) is 2. The minimum atomic E-state index is -0.281. The Kier molecular flexibility index (Phi) is 6.84. The number of para-hydroxylation sites is 1. The molecule has 6 nitrogen and oxygen atoms in total. The van der Waals surface area contributed by atoms with Crippen LogP contribution < -0.4 is 20.1 Å². The average molecular weight is 402 g/mol. The Morgan fingerprint density at radius 3 is 2.07 bits per heavy atom.